The van der Waals surface area contributed by atoms with Gasteiger partial charge in [-0.1, -0.05) is 12.1 Å². The summed E-state index contributed by atoms with van der Waals surface area (Å²) in [7, 11) is 1.48. The number of esters is 1. The van der Waals surface area contributed by atoms with Crippen molar-refractivity contribution in [1.29, 1.82) is 0 Å². The molecule has 1 amide bonds. The number of ether oxygens (including phenoxy) is 3. The van der Waals surface area contributed by atoms with Crippen LogP contribution in [-0.4, -0.2) is 36.9 Å². The minimum absolute atomic E-state index is 0.0694. The SMILES string of the molecule is CCOc1cc(C=NNC(=O)c2ccc(O)cc2)ccc1OC(=O)c1ccccc1OC. The highest BCUT2D eigenvalue weighted by Crippen LogP contribution is 2.30. The number of carbonyl (C=O) groups excluding carboxylic acids is 2. The Balaban J connectivity index is 1.72. The van der Waals surface area contributed by atoms with Crippen molar-refractivity contribution < 1.29 is 28.9 Å². The summed E-state index contributed by atoms with van der Waals surface area (Å²) in [5.74, 6) is 0.0702. The number of phenols is 1. The number of amides is 1. The molecule has 0 atom stereocenters. The van der Waals surface area contributed by atoms with Crippen LogP contribution in [0.15, 0.2) is 71.8 Å². The molecule has 0 fully saturated rings. The van der Waals surface area contributed by atoms with Crippen molar-refractivity contribution >= 4 is 18.1 Å². The molecule has 0 aliphatic heterocycles. The van der Waals surface area contributed by atoms with E-state index in [0.29, 0.717) is 34.8 Å². The van der Waals surface area contributed by atoms with Crippen LogP contribution in [0.2, 0.25) is 0 Å². The summed E-state index contributed by atoms with van der Waals surface area (Å²) >= 11 is 0. The fourth-order valence-corrected chi connectivity index (χ4v) is 2.77. The van der Waals surface area contributed by atoms with Gasteiger partial charge in [-0.2, -0.15) is 5.10 Å². The molecule has 2 N–H and O–H groups in total. The molecule has 0 aliphatic rings. The van der Waals surface area contributed by atoms with Gasteiger partial charge in [-0.15, -0.1) is 0 Å². The lowest BCUT2D eigenvalue weighted by molar-refractivity contribution is 0.0724. The first-order chi connectivity index (χ1) is 15.5. The van der Waals surface area contributed by atoms with E-state index in [1.165, 1.54) is 37.6 Å². The van der Waals surface area contributed by atoms with Crippen molar-refractivity contribution in [3.63, 3.8) is 0 Å². The van der Waals surface area contributed by atoms with Gasteiger partial charge in [-0.25, -0.2) is 10.2 Å². The van der Waals surface area contributed by atoms with Gasteiger partial charge >= 0.3 is 5.97 Å². The first kappa shape index (κ1) is 22.4. The molecule has 3 rings (SSSR count). The lowest BCUT2D eigenvalue weighted by Gasteiger charge is -2.12. The minimum atomic E-state index is -0.578. The molecule has 0 heterocycles. The van der Waals surface area contributed by atoms with Crippen LogP contribution in [0, 0.1) is 0 Å². The maximum Gasteiger partial charge on any atom is 0.347 e. The number of rotatable bonds is 8. The fourth-order valence-electron chi connectivity index (χ4n) is 2.77. The second-order valence-electron chi connectivity index (χ2n) is 6.47. The third kappa shape index (κ3) is 5.63. The van der Waals surface area contributed by atoms with Crippen LogP contribution in [0.4, 0.5) is 0 Å². The summed E-state index contributed by atoms with van der Waals surface area (Å²) in [5.41, 5.74) is 3.68. The Hall–Kier alpha value is -4.33. The van der Waals surface area contributed by atoms with Gasteiger partial charge in [0.2, 0.25) is 0 Å². The van der Waals surface area contributed by atoms with Crippen molar-refractivity contribution in [2.45, 2.75) is 6.92 Å². The number of methoxy groups -OCH3 is 1. The van der Waals surface area contributed by atoms with Crippen LogP contribution in [-0.2, 0) is 0 Å². The predicted molar refractivity (Wildman–Crippen MR) is 119 cm³/mol. The van der Waals surface area contributed by atoms with Crippen molar-refractivity contribution in [3.05, 3.63) is 83.4 Å². The Morgan fingerprint density at radius 3 is 2.47 bits per heavy atom. The summed E-state index contributed by atoms with van der Waals surface area (Å²) in [6.07, 6.45) is 1.44. The molecule has 0 spiro atoms. The number of nitrogens with zero attached hydrogens (tertiary/aromatic N) is 1. The van der Waals surface area contributed by atoms with Crippen LogP contribution in [0.3, 0.4) is 0 Å². The molecule has 0 unspecified atom stereocenters. The van der Waals surface area contributed by atoms with Crippen molar-refractivity contribution in [2.75, 3.05) is 13.7 Å². The fraction of sp³-hybridized carbons (Fsp3) is 0.125. The molecular weight excluding hydrogens is 412 g/mol. The van der Waals surface area contributed by atoms with Gasteiger partial charge < -0.3 is 19.3 Å². The van der Waals surface area contributed by atoms with Crippen LogP contribution < -0.4 is 19.6 Å². The van der Waals surface area contributed by atoms with E-state index in [1.807, 2.05) is 6.92 Å². The first-order valence-electron chi connectivity index (χ1n) is 9.76. The van der Waals surface area contributed by atoms with Gasteiger partial charge in [0.1, 0.15) is 17.1 Å². The summed E-state index contributed by atoms with van der Waals surface area (Å²) in [6, 6.07) is 17.5. The smallest absolute Gasteiger partial charge is 0.347 e. The Kier molecular flexibility index (Phi) is 7.42. The topological polar surface area (TPSA) is 106 Å². The lowest BCUT2D eigenvalue weighted by Crippen LogP contribution is -2.17. The van der Waals surface area contributed by atoms with Crippen molar-refractivity contribution in [1.82, 2.24) is 5.43 Å². The van der Waals surface area contributed by atoms with Crippen LogP contribution in [0.1, 0.15) is 33.2 Å². The zero-order valence-corrected chi connectivity index (χ0v) is 17.6. The third-order valence-corrected chi connectivity index (χ3v) is 4.31. The molecule has 0 radical (unpaired) electrons. The highest BCUT2D eigenvalue weighted by Gasteiger charge is 2.16. The van der Waals surface area contributed by atoms with E-state index < -0.39 is 11.9 Å². The molecule has 0 saturated heterocycles. The Bertz CT molecular complexity index is 1130. The maximum atomic E-state index is 12.6. The van der Waals surface area contributed by atoms with E-state index in [9.17, 15) is 14.7 Å². The lowest BCUT2D eigenvalue weighted by atomic mass is 10.2. The third-order valence-electron chi connectivity index (χ3n) is 4.31. The van der Waals surface area contributed by atoms with Gasteiger partial charge in [0, 0.05) is 5.56 Å². The molecular formula is C24H22N2O6. The second kappa shape index (κ2) is 10.6. The monoisotopic (exact) mass is 434 g/mol. The molecule has 164 valence electrons. The summed E-state index contributed by atoms with van der Waals surface area (Å²) in [6.45, 7) is 2.17. The van der Waals surface area contributed by atoms with Gasteiger partial charge in [-0.3, -0.25) is 4.79 Å². The molecule has 0 aromatic heterocycles. The molecule has 8 nitrogen and oxygen atoms in total. The molecule has 8 heteroatoms. The zero-order chi connectivity index (χ0) is 22.9. The average Bonchev–Trinajstić information content (AvgIpc) is 2.81. The summed E-state index contributed by atoms with van der Waals surface area (Å²) < 4.78 is 16.3. The number of aromatic hydroxyl groups is 1. The molecule has 32 heavy (non-hydrogen) atoms. The van der Waals surface area contributed by atoms with E-state index >= 15 is 0 Å². The molecule has 0 bridgehead atoms. The Labute approximate surface area is 185 Å². The predicted octanol–water partition coefficient (Wildman–Crippen LogP) is 3.78. The van der Waals surface area contributed by atoms with E-state index in [2.05, 4.69) is 10.5 Å². The van der Waals surface area contributed by atoms with Crippen LogP contribution >= 0.6 is 0 Å². The number of hydrogen-bond donors (Lipinski definition) is 2. The number of carbonyl (C=O) groups is 2. The first-order valence-corrected chi connectivity index (χ1v) is 9.76. The number of phenolic OH excluding ortho intramolecular Hbond substituents is 1. The quantitative estimate of drug-likeness (QED) is 0.242. The van der Waals surface area contributed by atoms with E-state index in [4.69, 9.17) is 14.2 Å². The van der Waals surface area contributed by atoms with Crippen LogP contribution in [0.25, 0.3) is 0 Å². The zero-order valence-electron chi connectivity index (χ0n) is 17.6. The highest BCUT2D eigenvalue weighted by molar-refractivity contribution is 5.95. The summed E-state index contributed by atoms with van der Waals surface area (Å²) in [4.78, 5) is 24.7. The molecule has 0 saturated carbocycles. The largest absolute Gasteiger partial charge is 0.508 e. The molecule has 3 aromatic carbocycles. The van der Waals surface area contributed by atoms with Crippen molar-refractivity contribution in [2.24, 2.45) is 5.10 Å². The van der Waals surface area contributed by atoms with Gasteiger partial charge in [0.15, 0.2) is 11.5 Å². The molecule has 3 aromatic rings. The number of hydrogen-bond acceptors (Lipinski definition) is 7. The van der Waals surface area contributed by atoms with E-state index in [-0.39, 0.29) is 11.5 Å². The number of para-hydroxylation sites is 1. The highest BCUT2D eigenvalue weighted by atomic mass is 16.6. The van der Waals surface area contributed by atoms with Gasteiger partial charge in [0.25, 0.3) is 5.91 Å². The standard InChI is InChI=1S/C24H22N2O6/c1-3-31-22-14-16(15-25-26-23(28)17-9-11-18(27)12-10-17)8-13-21(22)32-24(29)19-6-4-5-7-20(19)30-2/h4-15,27H,3H2,1-2H3,(H,26,28). The van der Waals surface area contributed by atoms with Crippen molar-refractivity contribution in [3.8, 4) is 23.0 Å². The average molecular weight is 434 g/mol. The van der Waals surface area contributed by atoms with E-state index in [0.717, 1.165) is 0 Å². The van der Waals surface area contributed by atoms with Gasteiger partial charge in [-0.05, 0) is 67.1 Å². The number of hydrazone groups is 1. The van der Waals surface area contributed by atoms with Crippen LogP contribution in [0.5, 0.6) is 23.0 Å². The molecule has 0 aliphatic carbocycles. The Morgan fingerprint density at radius 2 is 1.75 bits per heavy atom. The normalized spacial score (nSPS) is 10.6. The minimum Gasteiger partial charge on any atom is -0.508 e. The second-order valence-corrected chi connectivity index (χ2v) is 6.47. The number of benzene rings is 3. The van der Waals surface area contributed by atoms with E-state index in [1.54, 1.807) is 42.5 Å². The maximum absolute atomic E-state index is 12.6. The number of nitrogens with one attached hydrogen (secondary N) is 1. The summed E-state index contributed by atoms with van der Waals surface area (Å²) in [5, 5.41) is 13.2. The van der Waals surface area contributed by atoms with Gasteiger partial charge in [0.05, 0.1) is 19.9 Å². The Morgan fingerprint density at radius 1 is 1.00 bits per heavy atom.